The van der Waals surface area contributed by atoms with Gasteiger partial charge in [0, 0.05) is 32.7 Å². The first-order chi connectivity index (χ1) is 29.0. The molecule has 0 saturated heterocycles. The van der Waals surface area contributed by atoms with E-state index in [-0.39, 0.29) is 28.6 Å². The molecule has 5 heteroatoms. The molecule has 0 aliphatic carbocycles. The molecule has 0 aliphatic heterocycles. The van der Waals surface area contributed by atoms with E-state index in [1.54, 1.807) is 0 Å². The van der Waals surface area contributed by atoms with Crippen LogP contribution in [0.3, 0.4) is 0 Å². The summed E-state index contributed by atoms with van der Waals surface area (Å²) in [5.41, 5.74) is 4.25. The van der Waals surface area contributed by atoms with Crippen LogP contribution >= 0.6 is 0 Å². The number of furan rings is 1. The molecule has 0 saturated carbocycles. The highest BCUT2D eigenvalue weighted by Gasteiger charge is 2.27. The van der Waals surface area contributed by atoms with Crippen LogP contribution in [0, 0.1) is 0 Å². The van der Waals surface area contributed by atoms with Gasteiger partial charge in [-0.05, 0) is 35.4 Å². The minimum atomic E-state index is -0.628. The Morgan fingerprint density at radius 2 is 1.00 bits per heavy atom. The van der Waals surface area contributed by atoms with Gasteiger partial charge in [-0.1, -0.05) is 145 Å². The summed E-state index contributed by atoms with van der Waals surface area (Å²) in [6.07, 6.45) is 0. The average molecular weight is 651 g/mol. The third kappa shape index (κ3) is 4.45. The first-order valence-corrected chi connectivity index (χ1v) is 15.9. The molecule has 0 spiro atoms. The lowest BCUT2D eigenvalue weighted by Crippen LogP contribution is -2.05. The fourth-order valence-electron chi connectivity index (χ4n) is 6.73. The number of nitrogens with zero attached hydrogens (tertiary/aromatic N) is 4. The zero-order chi connectivity index (χ0) is 41.7. The summed E-state index contributed by atoms with van der Waals surface area (Å²) >= 11 is 0. The van der Waals surface area contributed by atoms with Crippen molar-refractivity contribution in [3.8, 4) is 51.0 Å². The molecule has 3 aromatic heterocycles. The highest BCUT2D eigenvalue weighted by molar-refractivity contribution is 6.16. The van der Waals surface area contributed by atoms with Crippen LogP contribution in [0.1, 0.15) is 13.7 Å². The molecule has 0 radical (unpaired) electrons. The van der Waals surface area contributed by atoms with Crippen molar-refractivity contribution in [3.05, 3.63) is 170 Å². The van der Waals surface area contributed by atoms with Gasteiger partial charge in [0.2, 0.25) is 0 Å². The Kier molecular flexibility index (Phi) is 4.52. The van der Waals surface area contributed by atoms with E-state index in [4.69, 9.17) is 28.1 Å². The summed E-state index contributed by atoms with van der Waals surface area (Å²) in [5.74, 6) is -0.807. The van der Waals surface area contributed by atoms with Crippen molar-refractivity contribution < 1.29 is 18.1 Å². The molecule has 0 N–H and O–H groups in total. The van der Waals surface area contributed by atoms with Gasteiger partial charge in [0.1, 0.15) is 11.3 Å². The number of hydrogen-bond acceptors (Lipinski definition) is 4. The second kappa shape index (κ2) is 11.4. The first kappa shape index (κ1) is 19.8. The van der Waals surface area contributed by atoms with E-state index < -0.39 is 60.4 Å². The summed E-state index contributed by atoms with van der Waals surface area (Å²) in [6, 6.07) is 28.9. The Balaban J connectivity index is 1.46. The zero-order valence-electron chi connectivity index (χ0n) is 36.1. The second-order valence-electron chi connectivity index (χ2n) is 11.7. The number of aromatic nitrogens is 4. The molecule has 5 nitrogen and oxygen atoms in total. The van der Waals surface area contributed by atoms with Crippen molar-refractivity contribution >= 4 is 43.7 Å². The zero-order valence-corrected chi connectivity index (χ0v) is 26.1. The molecule has 0 aliphatic rings. The first-order valence-electron chi connectivity index (χ1n) is 20.9. The van der Waals surface area contributed by atoms with Gasteiger partial charge < -0.3 is 8.98 Å². The van der Waals surface area contributed by atoms with Crippen LogP contribution in [-0.4, -0.2) is 19.5 Å². The van der Waals surface area contributed by atoms with Gasteiger partial charge >= 0.3 is 0 Å². The molecule has 0 unspecified atom stereocenters. The quantitative estimate of drug-likeness (QED) is 0.186. The number of benzene rings is 7. The van der Waals surface area contributed by atoms with Crippen LogP contribution in [0.2, 0.25) is 0 Å². The molecule has 234 valence electrons. The van der Waals surface area contributed by atoms with Gasteiger partial charge in [0.05, 0.1) is 30.3 Å². The lowest BCUT2D eigenvalue weighted by molar-refractivity contribution is 0.666. The maximum atomic E-state index is 8.94. The number of rotatable bonds is 5. The maximum absolute atomic E-state index is 8.94. The van der Waals surface area contributed by atoms with Crippen molar-refractivity contribution in [1.29, 1.82) is 0 Å². The molecular weight excluding hydrogens is 613 g/mol. The Hall–Kier alpha value is -6.85. The summed E-state index contributed by atoms with van der Waals surface area (Å²) in [4.78, 5) is 14.4. The topological polar surface area (TPSA) is 56.7 Å². The van der Waals surface area contributed by atoms with E-state index in [2.05, 4.69) is 9.55 Å². The van der Waals surface area contributed by atoms with E-state index in [1.807, 2.05) is 109 Å². The average Bonchev–Trinajstić information content (AvgIpc) is 3.82. The number of para-hydroxylation sites is 3. The van der Waals surface area contributed by atoms with Crippen molar-refractivity contribution in [2.45, 2.75) is 0 Å². The second-order valence-corrected chi connectivity index (χ2v) is 11.7. The molecule has 0 fully saturated rings. The molecule has 10 rings (SSSR count). The van der Waals surface area contributed by atoms with Crippen LogP contribution < -0.4 is 0 Å². The number of hydrogen-bond donors (Lipinski definition) is 0. The maximum Gasteiger partial charge on any atom is 0.166 e. The monoisotopic (exact) mass is 650 g/mol. The van der Waals surface area contributed by atoms with Gasteiger partial charge in [-0.25, -0.2) is 15.0 Å². The van der Waals surface area contributed by atoms with E-state index in [0.717, 1.165) is 38.1 Å². The molecule has 0 amide bonds. The van der Waals surface area contributed by atoms with E-state index in [0.29, 0.717) is 28.0 Å². The van der Waals surface area contributed by atoms with Crippen molar-refractivity contribution in [3.63, 3.8) is 0 Å². The van der Waals surface area contributed by atoms with Gasteiger partial charge in [0.15, 0.2) is 23.1 Å². The fourth-order valence-corrected chi connectivity index (χ4v) is 6.73. The largest absolute Gasteiger partial charge is 0.454 e. The Morgan fingerprint density at radius 3 is 1.62 bits per heavy atom. The van der Waals surface area contributed by atoms with Crippen molar-refractivity contribution in [2.24, 2.45) is 0 Å². The number of fused-ring (bicyclic) bond motifs is 6. The predicted molar refractivity (Wildman–Crippen MR) is 203 cm³/mol. The molecule has 10 aromatic rings. The van der Waals surface area contributed by atoms with Crippen LogP contribution in [-0.2, 0) is 0 Å². The smallest absolute Gasteiger partial charge is 0.166 e. The highest BCUT2D eigenvalue weighted by atomic mass is 16.3. The lowest BCUT2D eigenvalue weighted by Gasteiger charge is -2.19. The minimum absolute atomic E-state index is 0.0771. The molecular formula is C45H28N4O. The van der Waals surface area contributed by atoms with E-state index in [1.165, 1.54) is 0 Å². The Labute approximate surface area is 301 Å². The standard InChI is InChI=1S/C45H28N4O/c1-4-16-29(17-5-1)35-28-36-34-24-12-15-27-39(34)50-42(36)41(49-37-25-13-10-22-32(37)33-23-11-14-26-38(33)49)40(35)45-47-43(30-18-6-2-7-19-30)46-44(48-45)31-20-8-3-9-21-31/h1-28H/i2D,3D,6D,7D,8D,9D,18D,19D,20D,21D. The van der Waals surface area contributed by atoms with Gasteiger partial charge in [-0.15, -0.1) is 0 Å². The van der Waals surface area contributed by atoms with Crippen molar-refractivity contribution in [1.82, 2.24) is 19.5 Å². The molecule has 50 heavy (non-hydrogen) atoms. The Bertz CT molecular complexity index is 3260. The van der Waals surface area contributed by atoms with Crippen LogP contribution in [0.15, 0.2) is 174 Å². The van der Waals surface area contributed by atoms with E-state index >= 15 is 0 Å². The summed E-state index contributed by atoms with van der Waals surface area (Å²) in [7, 11) is 0. The Morgan fingerprint density at radius 1 is 0.480 bits per heavy atom. The summed E-state index contributed by atoms with van der Waals surface area (Å²) in [6.45, 7) is 0. The minimum Gasteiger partial charge on any atom is -0.454 e. The third-order valence-electron chi connectivity index (χ3n) is 8.84. The highest BCUT2D eigenvalue weighted by Crippen LogP contribution is 2.47. The van der Waals surface area contributed by atoms with Crippen LogP contribution in [0.5, 0.6) is 0 Å². The fraction of sp³-hybridized carbons (Fsp3) is 0. The van der Waals surface area contributed by atoms with Gasteiger partial charge in [-0.3, -0.25) is 0 Å². The van der Waals surface area contributed by atoms with Gasteiger partial charge in [0.25, 0.3) is 0 Å². The van der Waals surface area contributed by atoms with Gasteiger partial charge in [-0.2, -0.15) is 0 Å². The lowest BCUT2D eigenvalue weighted by atomic mass is 9.94. The molecule has 0 bridgehead atoms. The summed E-state index contributed by atoms with van der Waals surface area (Å²) < 4.78 is 95.3. The normalized spacial score (nSPS) is 14.4. The van der Waals surface area contributed by atoms with E-state index in [9.17, 15) is 0 Å². The summed E-state index contributed by atoms with van der Waals surface area (Å²) in [5, 5.41) is 3.51. The SMILES string of the molecule is [2H]c1c([2H])c([2H])c(-c2nc(-c3c([2H])c([2H])c([2H])c([2H])c3[2H])nc(-c3c(-c4ccccc4)cc4c(oc5ccccc54)c3-n3c4ccccc4c4ccccc43)n2)c([2H])c1[2H]. The predicted octanol–water partition coefficient (Wildman–Crippen LogP) is 11.5. The molecule has 3 heterocycles. The van der Waals surface area contributed by atoms with Crippen molar-refractivity contribution in [2.75, 3.05) is 0 Å². The molecule has 7 aromatic carbocycles. The van der Waals surface area contributed by atoms with Crippen LogP contribution in [0.25, 0.3) is 94.7 Å². The molecule has 0 atom stereocenters. The van der Waals surface area contributed by atoms with Crippen LogP contribution in [0.4, 0.5) is 0 Å². The third-order valence-corrected chi connectivity index (χ3v) is 8.84.